The summed E-state index contributed by atoms with van der Waals surface area (Å²) < 4.78 is 0. The Bertz CT molecular complexity index is 1160. The molecule has 5 aromatic rings. The Morgan fingerprint density at radius 3 is 1.23 bits per heavy atom. The van der Waals surface area contributed by atoms with Gasteiger partial charge in [0.1, 0.15) is 11.4 Å². The van der Waals surface area contributed by atoms with Gasteiger partial charge in [-0.15, -0.1) is 10.2 Å². The number of aromatic nitrogens is 6. The molecule has 0 amide bonds. The second kappa shape index (κ2) is 7.97. The molecule has 0 bridgehead atoms. The zero-order valence-corrected chi connectivity index (χ0v) is 15.9. The number of pyridine rings is 4. The van der Waals surface area contributed by atoms with Crippen LogP contribution in [0.5, 0.6) is 0 Å². The van der Waals surface area contributed by atoms with Crippen molar-refractivity contribution in [3.05, 3.63) is 97.8 Å². The van der Waals surface area contributed by atoms with E-state index in [1.807, 2.05) is 60.7 Å². The summed E-state index contributed by atoms with van der Waals surface area (Å²) >= 11 is 0. The summed E-state index contributed by atoms with van der Waals surface area (Å²) in [7, 11) is 0. The highest BCUT2D eigenvalue weighted by Crippen LogP contribution is 2.41. The highest BCUT2D eigenvalue weighted by Gasteiger charge is 2.22. The molecule has 6 heteroatoms. The molecule has 0 saturated carbocycles. The largest absolute Gasteiger partial charge is 0.265 e. The minimum absolute atomic E-state index is 0.702. The molecule has 0 radical (unpaired) electrons. The second-order valence-corrected chi connectivity index (χ2v) is 6.55. The summed E-state index contributed by atoms with van der Waals surface area (Å²) in [6.07, 6.45) is 10.6. The van der Waals surface area contributed by atoms with Gasteiger partial charge in [0.2, 0.25) is 0 Å². The van der Waals surface area contributed by atoms with E-state index in [0.717, 1.165) is 33.6 Å². The minimum Gasteiger partial charge on any atom is -0.265 e. The molecule has 0 aliphatic heterocycles. The van der Waals surface area contributed by atoms with Crippen molar-refractivity contribution in [2.75, 3.05) is 0 Å². The fraction of sp³-hybridized carbons (Fsp3) is 0. The third-order valence-electron chi connectivity index (χ3n) is 4.73. The highest BCUT2D eigenvalue weighted by molar-refractivity contribution is 5.97. The Morgan fingerprint density at radius 1 is 0.433 bits per heavy atom. The van der Waals surface area contributed by atoms with E-state index >= 15 is 0 Å². The third-order valence-corrected chi connectivity index (χ3v) is 4.73. The molecule has 5 heterocycles. The SMILES string of the molecule is c1ccc(-c2nnc(-c3ccccn3)c(-c3ccncc3)c2-c2ccncc2)nc1. The summed E-state index contributed by atoms with van der Waals surface area (Å²) in [4.78, 5) is 17.4. The van der Waals surface area contributed by atoms with Crippen LogP contribution in [0.3, 0.4) is 0 Å². The van der Waals surface area contributed by atoms with Crippen LogP contribution in [0.2, 0.25) is 0 Å². The molecular formula is C24H16N6. The summed E-state index contributed by atoms with van der Waals surface area (Å²) in [6.45, 7) is 0. The predicted molar refractivity (Wildman–Crippen MR) is 115 cm³/mol. The number of hydrogen-bond acceptors (Lipinski definition) is 6. The lowest BCUT2D eigenvalue weighted by atomic mass is 9.91. The van der Waals surface area contributed by atoms with Crippen LogP contribution in [-0.4, -0.2) is 30.1 Å². The van der Waals surface area contributed by atoms with Crippen LogP contribution in [0.1, 0.15) is 0 Å². The average Bonchev–Trinajstić information content (AvgIpc) is 2.85. The molecule has 5 rings (SSSR count). The zero-order valence-electron chi connectivity index (χ0n) is 15.9. The first-order valence-electron chi connectivity index (χ1n) is 9.46. The first-order chi connectivity index (χ1) is 14.9. The Morgan fingerprint density at radius 2 is 0.867 bits per heavy atom. The zero-order chi connectivity index (χ0) is 20.2. The quantitative estimate of drug-likeness (QED) is 0.443. The predicted octanol–water partition coefficient (Wildman–Crippen LogP) is 4.72. The Kier molecular flexibility index (Phi) is 4.72. The van der Waals surface area contributed by atoms with Gasteiger partial charge in [0.05, 0.1) is 11.4 Å². The van der Waals surface area contributed by atoms with Crippen molar-refractivity contribution in [1.29, 1.82) is 0 Å². The molecule has 0 N–H and O–H groups in total. The topological polar surface area (TPSA) is 77.3 Å². The number of rotatable bonds is 4. The molecule has 6 nitrogen and oxygen atoms in total. The smallest absolute Gasteiger partial charge is 0.120 e. The van der Waals surface area contributed by atoms with Crippen LogP contribution in [0.15, 0.2) is 97.8 Å². The van der Waals surface area contributed by atoms with E-state index in [2.05, 4.69) is 30.1 Å². The molecule has 0 aliphatic rings. The first-order valence-corrected chi connectivity index (χ1v) is 9.46. The van der Waals surface area contributed by atoms with Crippen LogP contribution in [0.25, 0.3) is 45.0 Å². The van der Waals surface area contributed by atoms with Gasteiger partial charge >= 0.3 is 0 Å². The molecule has 0 aliphatic carbocycles. The molecule has 0 fully saturated rings. The molecule has 0 spiro atoms. The van der Waals surface area contributed by atoms with Crippen LogP contribution in [-0.2, 0) is 0 Å². The van der Waals surface area contributed by atoms with E-state index < -0.39 is 0 Å². The summed E-state index contributed by atoms with van der Waals surface area (Å²) in [5.74, 6) is 0. The number of nitrogens with zero attached hydrogens (tertiary/aromatic N) is 6. The lowest BCUT2D eigenvalue weighted by Gasteiger charge is -2.17. The van der Waals surface area contributed by atoms with Crippen LogP contribution >= 0.6 is 0 Å². The van der Waals surface area contributed by atoms with E-state index in [1.54, 1.807) is 37.2 Å². The van der Waals surface area contributed by atoms with Crippen LogP contribution < -0.4 is 0 Å². The molecule has 5 aromatic heterocycles. The van der Waals surface area contributed by atoms with E-state index in [-0.39, 0.29) is 0 Å². The van der Waals surface area contributed by atoms with Crippen molar-refractivity contribution in [2.45, 2.75) is 0 Å². The molecule has 142 valence electrons. The van der Waals surface area contributed by atoms with Gasteiger partial charge in [0.25, 0.3) is 0 Å². The molecule has 0 saturated heterocycles. The second-order valence-electron chi connectivity index (χ2n) is 6.55. The van der Waals surface area contributed by atoms with Gasteiger partial charge in [-0.3, -0.25) is 19.9 Å². The van der Waals surface area contributed by atoms with Gasteiger partial charge in [0, 0.05) is 48.3 Å². The van der Waals surface area contributed by atoms with Crippen molar-refractivity contribution >= 4 is 0 Å². The maximum atomic E-state index is 4.60. The molecule has 0 unspecified atom stereocenters. The molecule has 30 heavy (non-hydrogen) atoms. The first kappa shape index (κ1) is 17.8. The van der Waals surface area contributed by atoms with E-state index in [1.165, 1.54) is 0 Å². The maximum Gasteiger partial charge on any atom is 0.120 e. The molecule has 0 aromatic carbocycles. The highest BCUT2D eigenvalue weighted by atomic mass is 15.1. The minimum atomic E-state index is 0.702. The lowest BCUT2D eigenvalue weighted by molar-refractivity contribution is 1.03. The lowest BCUT2D eigenvalue weighted by Crippen LogP contribution is -2.02. The van der Waals surface area contributed by atoms with Crippen LogP contribution in [0, 0.1) is 0 Å². The normalized spacial score (nSPS) is 10.7. The maximum absolute atomic E-state index is 4.60. The van der Waals surface area contributed by atoms with Crippen molar-refractivity contribution in [3.63, 3.8) is 0 Å². The average molecular weight is 388 g/mol. The Labute approximate surface area is 173 Å². The van der Waals surface area contributed by atoms with E-state index in [0.29, 0.717) is 11.4 Å². The summed E-state index contributed by atoms with van der Waals surface area (Å²) in [5.41, 5.74) is 6.71. The van der Waals surface area contributed by atoms with Gasteiger partial charge in [0.15, 0.2) is 0 Å². The van der Waals surface area contributed by atoms with Gasteiger partial charge < -0.3 is 0 Å². The Hall–Kier alpha value is -4.32. The molecular weight excluding hydrogens is 372 g/mol. The summed E-state index contributed by atoms with van der Waals surface area (Å²) in [6, 6.07) is 19.4. The van der Waals surface area contributed by atoms with Gasteiger partial charge in [-0.25, -0.2) is 0 Å². The van der Waals surface area contributed by atoms with Crippen molar-refractivity contribution in [2.24, 2.45) is 0 Å². The van der Waals surface area contributed by atoms with Gasteiger partial charge in [-0.1, -0.05) is 12.1 Å². The van der Waals surface area contributed by atoms with Gasteiger partial charge in [-0.05, 0) is 59.7 Å². The Balaban J connectivity index is 1.91. The van der Waals surface area contributed by atoms with Gasteiger partial charge in [-0.2, -0.15) is 0 Å². The number of hydrogen-bond donors (Lipinski definition) is 0. The van der Waals surface area contributed by atoms with E-state index in [9.17, 15) is 0 Å². The van der Waals surface area contributed by atoms with Crippen molar-refractivity contribution < 1.29 is 0 Å². The van der Waals surface area contributed by atoms with Crippen molar-refractivity contribution in [3.8, 4) is 45.0 Å². The third kappa shape index (κ3) is 3.31. The van der Waals surface area contributed by atoms with Crippen molar-refractivity contribution in [1.82, 2.24) is 30.1 Å². The van der Waals surface area contributed by atoms with Crippen LogP contribution in [0.4, 0.5) is 0 Å². The fourth-order valence-corrected chi connectivity index (χ4v) is 3.40. The molecule has 0 atom stereocenters. The fourth-order valence-electron chi connectivity index (χ4n) is 3.40. The monoisotopic (exact) mass is 388 g/mol. The standard InChI is InChI=1S/C24H16N6/c1-3-11-27-19(5-1)23-21(17-7-13-25-14-8-17)22(18-9-15-26-16-10-18)24(30-29-23)20-6-2-4-12-28-20/h1-16H. The summed E-state index contributed by atoms with van der Waals surface area (Å²) in [5, 5.41) is 9.20. The van der Waals surface area contributed by atoms with E-state index in [4.69, 9.17) is 0 Å².